The van der Waals surface area contributed by atoms with Crippen LogP contribution in [-0.2, 0) is 0 Å². The summed E-state index contributed by atoms with van der Waals surface area (Å²) in [7, 11) is 0. The molecule has 0 amide bonds. The molecule has 1 aliphatic heterocycles. The zero-order valence-electron chi connectivity index (χ0n) is 10.0. The summed E-state index contributed by atoms with van der Waals surface area (Å²) >= 11 is 0. The molecule has 0 aliphatic carbocycles. The summed E-state index contributed by atoms with van der Waals surface area (Å²) in [5.41, 5.74) is 1.10. The van der Waals surface area contributed by atoms with Gasteiger partial charge in [0.1, 0.15) is 23.5 Å². The second-order valence-corrected chi connectivity index (χ2v) is 4.60. The highest BCUT2D eigenvalue weighted by Crippen LogP contribution is 2.40. The van der Waals surface area contributed by atoms with Gasteiger partial charge in [0.05, 0.1) is 6.10 Å². The zero-order chi connectivity index (χ0) is 13.4. The minimum absolute atomic E-state index is 0.278. The van der Waals surface area contributed by atoms with E-state index in [1.54, 1.807) is 18.2 Å². The third kappa shape index (κ3) is 2.31. The smallest absolute Gasteiger partial charge is 0.127 e. The van der Waals surface area contributed by atoms with E-state index >= 15 is 0 Å². The van der Waals surface area contributed by atoms with Gasteiger partial charge in [-0.15, -0.1) is 0 Å². The summed E-state index contributed by atoms with van der Waals surface area (Å²) in [5, 5.41) is 10.1. The number of halogens is 2. The molecule has 2 unspecified atom stereocenters. The van der Waals surface area contributed by atoms with E-state index in [0.717, 1.165) is 6.07 Å². The van der Waals surface area contributed by atoms with Crippen LogP contribution >= 0.6 is 0 Å². The lowest BCUT2D eigenvalue weighted by atomic mass is 9.95. The van der Waals surface area contributed by atoms with Crippen LogP contribution in [0.5, 0.6) is 5.75 Å². The Kier molecular flexibility index (Phi) is 2.95. The maximum absolute atomic E-state index is 13.2. The fourth-order valence-corrected chi connectivity index (χ4v) is 2.36. The molecule has 1 N–H and O–H groups in total. The van der Waals surface area contributed by atoms with Crippen LogP contribution in [0, 0.1) is 11.6 Å². The normalized spacial score (nSPS) is 21.6. The van der Waals surface area contributed by atoms with Crippen molar-refractivity contribution < 1.29 is 18.6 Å². The Bertz CT molecular complexity index is 593. The monoisotopic (exact) mass is 262 g/mol. The third-order valence-electron chi connectivity index (χ3n) is 3.24. The van der Waals surface area contributed by atoms with E-state index in [-0.39, 0.29) is 6.42 Å². The van der Waals surface area contributed by atoms with Gasteiger partial charge in [-0.25, -0.2) is 8.78 Å². The topological polar surface area (TPSA) is 29.5 Å². The summed E-state index contributed by atoms with van der Waals surface area (Å²) in [6.07, 6.45) is -0.962. The molecule has 0 bridgehead atoms. The average Bonchev–Trinajstić information content (AvgIpc) is 2.37. The van der Waals surface area contributed by atoms with Crippen molar-refractivity contribution in [1.82, 2.24) is 0 Å². The predicted octanol–water partition coefficient (Wildman–Crippen LogP) is 3.52. The molecule has 19 heavy (non-hydrogen) atoms. The fraction of sp³-hybridized carbons (Fsp3) is 0.200. The van der Waals surface area contributed by atoms with Gasteiger partial charge in [0.25, 0.3) is 0 Å². The molecule has 1 aliphatic rings. The third-order valence-corrected chi connectivity index (χ3v) is 3.24. The first-order valence-corrected chi connectivity index (χ1v) is 6.03. The van der Waals surface area contributed by atoms with Crippen LogP contribution in [0.1, 0.15) is 29.8 Å². The van der Waals surface area contributed by atoms with E-state index < -0.39 is 23.8 Å². The SMILES string of the molecule is OC1CC(c2cc(F)cc(F)c2)Oc2ccccc21. The molecule has 0 fully saturated rings. The van der Waals surface area contributed by atoms with E-state index in [2.05, 4.69) is 0 Å². The van der Waals surface area contributed by atoms with E-state index in [0.29, 0.717) is 16.9 Å². The van der Waals surface area contributed by atoms with Crippen molar-refractivity contribution in [2.24, 2.45) is 0 Å². The molecule has 3 rings (SSSR count). The number of rotatable bonds is 1. The van der Waals surface area contributed by atoms with Gasteiger partial charge < -0.3 is 9.84 Å². The molecule has 4 heteroatoms. The minimum Gasteiger partial charge on any atom is -0.485 e. The molecule has 98 valence electrons. The number of para-hydroxylation sites is 1. The summed E-state index contributed by atoms with van der Waals surface area (Å²) in [6.45, 7) is 0. The number of fused-ring (bicyclic) bond motifs is 1. The van der Waals surface area contributed by atoms with Crippen molar-refractivity contribution in [2.45, 2.75) is 18.6 Å². The van der Waals surface area contributed by atoms with Gasteiger partial charge in [0, 0.05) is 18.1 Å². The van der Waals surface area contributed by atoms with Crippen LogP contribution < -0.4 is 4.74 Å². The summed E-state index contributed by atoms with van der Waals surface area (Å²) in [4.78, 5) is 0. The molecule has 0 aromatic heterocycles. The number of hydrogen-bond donors (Lipinski definition) is 1. The van der Waals surface area contributed by atoms with Crippen LogP contribution in [0.3, 0.4) is 0 Å². The second kappa shape index (κ2) is 4.63. The highest BCUT2D eigenvalue weighted by molar-refractivity contribution is 5.38. The van der Waals surface area contributed by atoms with Crippen LogP contribution in [-0.4, -0.2) is 5.11 Å². The highest BCUT2D eigenvalue weighted by atomic mass is 19.1. The first kappa shape index (κ1) is 12.1. The van der Waals surface area contributed by atoms with Crippen LogP contribution in [0.2, 0.25) is 0 Å². The Morgan fingerprint density at radius 2 is 1.74 bits per heavy atom. The van der Waals surface area contributed by atoms with Crippen molar-refractivity contribution in [1.29, 1.82) is 0 Å². The van der Waals surface area contributed by atoms with Gasteiger partial charge in [-0.2, -0.15) is 0 Å². The largest absolute Gasteiger partial charge is 0.485 e. The van der Waals surface area contributed by atoms with Gasteiger partial charge in [0.2, 0.25) is 0 Å². The van der Waals surface area contributed by atoms with E-state index in [1.807, 2.05) is 6.07 Å². The Hall–Kier alpha value is -1.94. The average molecular weight is 262 g/mol. The fourth-order valence-electron chi connectivity index (χ4n) is 2.36. The van der Waals surface area contributed by atoms with Gasteiger partial charge in [-0.1, -0.05) is 18.2 Å². The molecule has 2 aromatic carbocycles. The molecular formula is C15H12F2O2. The van der Waals surface area contributed by atoms with Gasteiger partial charge in [0.15, 0.2) is 0 Å². The number of aliphatic hydroxyl groups excluding tert-OH is 1. The number of hydrogen-bond acceptors (Lipinski definition) is 2. The lowest BCUT2D eigenvalue weighted by Crippen LogP contribution is -2.19. The molecule has 2 nitrogen and oxygen atoms in total. The summed E-state index contributed by atoms with van der Waals surface area (Å²) < 4.78 is 32.1. The lowest BCUT2D eigenvalue weighted by Gasteiger charge is -2.29. The molecule has 0 spiro atoms. The number of ether oxygens (including phenoxy) is 1. The Morgan fingerprint density at radius 1 is 1.05 bits per heavy atom. The predicted molar refractivity (Wildman–Crippen MR) is 65.7 cm³/mol. The van der Waals surface area contributed by atoms with Crippen LogP contribution in [0.25, 0.3) is 0 Å². The molecule has 0 saturated heterocycles. The Morgan fingerprint density at radius 3 is 2.47 bits per heavy atom. The van der Waals surface area contributed by atoms with Crippen molar-refractivity contribution in [2.75, 3.05) is 0 Å². The van der Waals surface area contributed by atoms with Gasteiger partial charge >= 0.3 is 0 Å². The van der Waals surface area contributed by atoms with Crippen LogP contribution in [0.15, 0.2) is 42.5 Å². The second-order valence-electron chi connectivity index (χ2n) is 4.60. The zero-order valence-corrected chi connectivity index (χ0v) is 10.0. The quantitative estimate of drug-likeness (QED) is 0.852. The van der Waals surface area contributed by atoms with E-state index in [9.17, 15) is 13.9 Å². The first-order chi connectivity index (χ1) is 9.13. The molecule has 1 heterocycles. The number of benzene rings is 2. The minimum atomic E-state index is -0.693. The van der Waals surface area contributed by atoms with Crippen LogP contribution in [0.4, 0.5) is 8.78 Å². The number of aliphatic hydroxyl groups is 1. The molecule has 0 radical (unpaired) electrons. The molecule has 2 atom stereocenters. The van der Waals surface area contributed by atoms with Crippen molar-refractivity contribution in [3.8, 4) is 5.75 Å². The maximum atomic E-state index is 13.2. The highest BCUT2D eigenvalue weighted by Gasteiger charge is 2.28. The Labute approximate surface area is 109 Å². The summed E-state index contributed by atoms with van der Waals surface area (Å²) in [5.74, 6) is -0.741. The lowest BCUT2D eigenvalue weighted by molar-refractivity contribution is 0.0654. The van der Waals surface area contributed by atoms with Crippen molar-refractivity contribution in [3.63, 3.8) is 0 Å². The summed E-state index contributed by atoms with van der Waals surface area (Å²) in [6, 6.07) is 10.4. The first-order valence-electron chi connectivity index (χ1n) is 6.03. The van der Waals surface area contributed by atoms with Crippen molar-refractivity contribution in [3.05, 3.63) is 65.2 Å². The van der Waals surface area contributed by atoms with E-state index in [4.69, 9.17) is 4.74 Å². The van der Waals surface area contributed by atoms with Crippen molar-refractivity contribution >= 4 is 0 Å². The molecule has 2 aromatic rings. The standard InChI is InChI=1S/C15H12F2O2/c16-10-5-9(6-11(17)7-10)15-8-13(18)12-3-1-2-4-14(12)19-15/h1-7,13,15,18H,8H2. The Balaban J connectivity index is 1.96. The van der Waals surface area contributed by atoms with E-state index in [1.165, 1.54) is 12.1 Å². The van der Waals surface area contributed by atoms with Gasteiger partial charge in [-0.05, 0) is 23.8 Å². The molecular weight excluding hydrogens is 250 g/mol. The van der Waals surface area contributed by atoms with Gasteiger partial charge in [-0.3, -0.25) is 0 Å². The maximum Gasteiger partial charge on any atom is 0.127 e. The molecule has 0 saturated carbocycles.